The van der Waals surface area contributed by atoms with Crippen LogP contribution in [0.2, 0.25) is 19.1 Å². The largest absolute Gasteiger partial charge is 0.458 e. The van der Waals surface area contributed by atoms with Gasteiger partial charge in [-0.25, -0.2) is 9.78 Å². The number of fused-ring (bicyclic) bond motifs is 5. The quantitative estimate of drug-likeness (QED) is 0.235. The first-order chi connectivity index (χ1) is 17.5. The predicted molar refractivity (Wildman–Crippen MR) is 143 cm³/mol. The maximum atomic E-state index is 13.7. The molecule has 8 nitrogen and oxygen atoms in total. The maximum Gasteiger partial charge on any atom is 0.343 e. The Hall–Kier alpha value is -3.30. The van der Waals surface area contributed by atoms with Gasteiger partial charge in [-0.3, -0.25) is 9.59 Å². The van der Waals surface area contributed by atoms with Gasteiger partial charge in [0.05, 0.1) is 37.1 Å². The number of aliphatic hydroxyl groups is 1. The molecule has 37 heavy (non-hydrogen) atoms. The van der Waals surface area contributed by atoms with Crippen LogP contribution in [0.25, 0.3) is 22.3 Å². The molecule has 1 N–H and O–H groups in total. The second-order valence-corrected chi connectivity index (χ2v) is 15.4. The number of cyclic esters (lactones) is 1. The van der Waals surface area contributed by atoms with Gasteiger partial charge in [-0.05, 0) is 41.4 Å². The Kier molecular flexibility index (Phi) is 6.11. The molecule has 2 aliphatic rings. The first-order valence-corrected chi connectivity index (χ1v) is 16.0. The summed E-state index contributed by atoms with van der Waals surface area (Å²) in [6, 6.07) is 8.28. The molecule has 0 saturated heterocycles. The normalized spacial score (nSPS) is 18.3. The molecule has 0 amide bonds. The molecular formula is C28H32N2O6Si. The van der Waals surface area contributed by atoms with E-state index in [4.69, 9.17) is 14.5 Å². The van der Waals surface area contributed by atoms with Crippen molar-refractivity contribution < 1.29 is 24.2 Å². The van der Waals surface area contributed by atoms with Crippen LogP contribution in [-0.2, 0) is 33.1 Å². The van der Waals surface area contributed by atoms with E-state index in [-0.39, 0.29) is 24.6 Å². The lowest BCUT2D eigenvalue weighted by atomic mass is 9.86. The summed E-state index contributed by atoms with van der Waals surface area (Å²) < 4.78 is 12.3. The highest BCUT2D eigenvalue weighted by atomic mass is 28.3. The number of aromatic nitrogens is 2. The summed E-state index contributed by atoms with van der Waals surface area (Å²) in [6.45, 7) is 10.1. The number of benzene rings is 1. The van der Waals surface area contributed by atoms with Crippen molar-refractivity contribution >= 4 is 36.1 Å². The number of carbonyl (C=O) groups excluding carboxylic acids is 2. The summed E-state index contributed by atoms with van der Waals surface area (Å²) in [7, 11) is -2.04. The molecule has 1 aromatic carbocycles. The molecule has 0 spiro atoms. The minimum absolute atomic E-state index is 0.0981. The number of ether oxygens (including phenoxy) is 2. The minimum Gasteiger partial charge on any atom is -0.458 e. The molecule has 3 aromatic rings. The highest BCUT2D eigenvalue weighted by molar-refractivity contribution is 6.91. The number of rotatable bonds is 6. The van der Waals surface area contributed by atoms with Crippen LogP contribution in [0.15, 0.2) is 29.1 Å². The minimum atomic E-state index is -2.04. The summed E-state index contributed by atoms with van der Waals surface area (Å²) in [5.41, 5.74) is 1.55. The Morgan fingerprint density at radius 1 is 1.22 bits per heavy atom. The summed E-state index contributed by atoms with van der Waals surface area (Å²) >= 11 is 0. The zero-order valence-corrected chi connectivity index (χ0v) is 22.9. The number of nitrogens with zero attached hydrogens (tertiary/aromatic N) is 2. The van der Waals surface area contributed by atoms with Gasteiger partial charge in [-0.2, -0.15) is 0 Å². The summed E-state index contributed by atoms with van der Waals surface area (Å²) in [5, 5.41) is 13.3. The second-order valence-electron chi connectivity index (χ2n) is 10.7. The average Bonchev–Trinajstić information content (AvgIpc) is 3.21. The van der Waals surface area contributed by atoms with E-state index in [0.29, 0.717) is 34.8 Å². The lowest BCUT2D eigenvalue weighted by molar-refractivity contribution is -0.172. The molecular weight excluding hydrogens is 488 g/mol. The second kappa shape index (κ2) is 8.92. The van der Waals surface area contributed by atoms with E-state index in [1.807, 2.05) is 12.1 Å². The maximum absolute atomic E-state index is 13.7. The molecule has 9 heteroatoms. The van der Waals surface area contributed by atoms with Crippen LogP contribution in [0.4, 0.5) is 0 Å². The Morgan fingerprint density at radius 3 is 2.65 bits per heavy atom. The smallest absolute Gasteiger partial charge is 0.343 e. The van der Waals surface area contributed by atoms with Gasteiger partial charge in [0.15, 0.2) is 5.60 Å². The first kappa shape index (κ1) is 25.4. The highest BCUT2D eigenvalue weighted by Gasteiger charge is 2.46. The van der Waals surface area contributed by atoms with Gasteiger partial charge in [-0.15, -0.1) is 0 Å². The van der Waals surface area contributed by atoms with Crippen molar-refractivity contribution in [1.82, 2.24) is 9.55 Å². The van der Waals surface area contributed by atoms with E-state index in [2.05, 4.69) is 20.0 Å². The van der Waals surface area contributed by atoms with Gasteiger partial charge >= 0.3 is 11.9 Å². The molecule has 4 heterocycles. The summed E-state index contributed by atoms with van der Waals surface area (Å²) in [6.07, 6.45) is 2.27. The van der Waals surface area contributed by atoms with Gasteiger partial charge in [0, 0.05) is 17.9 Å². The van der Waals surface area contributed by atoms with E-state index in [1.54, 1.807) is 23.6 Å². The molecule has 1 atom stereocenters. The van der Waals surface area contributed by atoms with Crippen LogP contribution < -0.4 is 15.5 Å². The molecule has 0 unspecified atom stereocenters. The van der Waals surface area contributed by atoms with Crippen LogP contribution >= 0.6 is 0 Å². The van der Waals surface area contributed by atoms with E-state index in [9.17, 15) is 19.5 Å². The number of unbranched alkanes of at least 4 members (excludes halogenated alkanes) is 1. The Balaban J connectivity index is 1.80. The van der Waals surface area contributed by atoms with E-state index >= 15 is 0 Å². The van der Waals surface area contributed by atoms with Crippen molar-refractivity contribution in [2.24, 2.45) is 0 Å². The fourth-order valence-electron chi connectivity index (χ4n) is 5.80. The van der Waals surface area contributed by atoms with Crippen LogP contribution in [0.3, 0.4) is 0 Å². The molecule has 0 radical (unpaired) electrons. The number of carbonyl (C=O) groups is 2. The van der Waals surface area contributed by atoms with Crippen molar-refractivity contribution in [2.75, 3.05) is 0 Å². The standard InChI is InChI=1S/C28H32N2O6Si/c1-6-8-11-37(4,5)25-18-12-17(36-16(3)31)9-10-22(18)29-24-19(25)14-30-23(24)13-21-20(26(30)32)15-35-27(33)28(21,34)7-2/h9-10,12-13,34H,6-8,11,14-15H2,1-5H3/t28-/m0/s1. The predicted octanol–water partition coefficient (Wildman–Crippen LogP) is 3.72. The van der Waals surface area contributed by atoms with E-state index in [1.165, 1.54) is 12.1 Å². The van der Waals surface area contributed by atoms with E-state index in [0.717, 1.165) is 35.4 Å². The zero-order valence-electron chi connectivity index (χ0n) is 21.9. The highest BCUT2D eigenvalue weighted by Crippen LogP contribution is 2.39. The van der Waals surface area contributed by atoms with E-state index < -0.39 is 19.6 Å². The molecule has 2 aliphatic heterocycles. The first-order valence-electron chi connectivity index (χ1n) is 12.8. The number of pyridine rings is 2. The molecule has 194 valence electrons. The Labute approximate surface area is 216 Å². The molecule has 0 saturated carbocycles. The summed E-state index contributed by atoms with van der Waals surface area (Å²) in [5.74, 6) is -0.652. The topological polar surface area (TPSA) is 108 Å². The monoisotopic (exact) mass is 520 g/mol. The average molecular weight is 521 g/mol. The lowest BCUT2D eigenvalue weighted by Crippen LogP contribution is -2.45. The van der Waals surface area contributed by atoms with Crippen molar-refractivity contribution in [1.29, 1.82) is 0 Å². The zero-order chi connectivity index (χ0) is 26.7. The van der Waals surface area contributed by atoms with Crippen LogP contribution in [-0.4, -0.2) is 34.7 Å². The third kappa shape index (κ3) is 3.92. The van der Waals surface area contributed by atoms with Gasteiger partial charge in [-0.1, -0.05) is 45.8 Å². The third-order valence-corrected chi connectivity index (χ3v) is 11.3. The van der Waals surface area contributed by atoms with Gasteiger partial charge in [0.2, 0.25) is 0 Å². The van der Waals surface area contributed by atoms with Gasteiger partial charge in [0.1, 0.15) is 12.4 Å². The lowest BCUT2D eigenvalue weighted by Gasteiger charge is -2.31. The number of hydrogen-bond donors (Lipinski definition) is 1. The number of esters is 2. The third-order valence-electron chi connectivity index (χ3n) is 7.75. The molecule has 0 bridgehead atoms. The van der Waals surface area contributed by atoms with Crippen molar-refractivity contribution in [3.05, 3.63) is 51.3 Å². The van der Waals surface area contributed by atoms with Crippen LogP contribution in [0.5, 0.6) is 5.75 Å². The fourth-order valence-corrected chi connectivity index (χ4v) is 9.24. The molecule has 5 rings (SSSR count). The Morgan fingerprint density at radius 2 is 1.97 bits per heavy atom. The Bertz CT molecular complexity index is 1530. The SMILES string of the molecule is CCCC[Si](C)(C)c1c2c(nc3ccc(OC(C)=O)cc13)-c1cc3c(c(=O)n1C2)COC(=O)[C@]3(O)CC. The van der Waals surface area contributed by atoms with Crippen LogP contribution in [0, 0.1) is 0 Å². The van der Waals surface area contributed by atoms with Crippen molar-refractivity contribution in [3.8, 4) is 17.1 Å². The fraction of sp³-hybridized carbons (Fsp3) is 0.429. The summed E-state index contributed by atoms with van der Waals surface area (Å²) in [4.78, 5) is 42.8. The van der Waals surface area contributed by atoms with Crippen molar-refractivity contribution in [2.45, 2.75) is 77.9 Å². The molecule has 0 aliphatic carbocycles. The molecule has 2 aromatic heterocycles. The van der Waals surface area contributed by atoms with Gasteiger partial charge in [0.25, 0.3) is 5.56 Å². The van der Waals surface area contributed by atoms with Crippen LogP contribution in [0.1, 0.15) is 56.7 Å². The van der Waals surface area contributed by atoms with Gasteiger partial charge < -0.3 is 19.1 Å². The van der Waals surface area contributed by atoms with Crippen molar-refractivity contribution in [3.63, 3.8) is 0 Å². The molecule has 0 fully saturated rings. The number of hydrogen-bond acceptors (Lipinski definition) is 7.